The summed E-state index contributed by atoms with van der Waals surface area (Å²) in [7, 11) is 3.20. The lowest BCUT2D eigenvalue weighted by atomic mass is 9.74. The zero-order valence-corrected chi connectivity index (χ0v) is 17.4. The van der Waals surface area contributed by atoms with Gasteiger partial charge in [0.25, 0.3) is 0 Å². The van der Waals surface area contributed by atoms with Gasteiger partial charge in [-0.05, 0) is 38.0 Å². The van der Waals surface area contributed by atoms with Gasteiger partial charge >= 0.3 is 0 Å². The minimum absolute atomic E-state index is 0. The number of anilines is 1. The van der Waals surface area contributed by atoms with Gasteiger partial charge in [0.2, 0.25) is 5.91 Å². The number of halogens is 1. The molecule has 0 aliphatic heterocycles. The number of methoxy groups -OCH3 is 2. The molecule has 8 heteroatoms. The molecule has 27 heavy (non-hydrogen) atoms. The van der Waals surface area contributed by atoms with Crippen molar-refractivity contribution in [2.45, 2.75) is 38.1 Å². The third kappa shape index (κ3) is 4.72. The van der Waals surface area contributed by atoms with Crippen LogP contribution in [-0.4, -0.2) is 30.6 Å². The third-order valence-electron chi connectivity index (χ3n) is 4.98. The molecule has 2 aromatic rings. The fourth-order valence-electron chi connectivity index (χ4n) is 3.44. The SMILES string of the molecule is COc1ccc(-c2csc(NC(=O)C3CCCCC3(C)N)n2)cc1OC.Cl. The Morgan fingerprint density at radius 2 is 2.04 bits per heavy atom. The van der Waals surface area contributed by atoms with E-state index < -0.39 is 5.54 Å². The third-order valence-corrected chi connectivity index (χ3v) is 5.74. The molecule has 1 fully saturated rings. The quantitative estimate of drug-likeness (QED) is 0.773. The maximum Gasteiger partial charge on any atom is 0.231 e. The van der Waals surface area contributed by atoms with Crippen LogP contribution in [0.5, 0.6) is 11.5 Å². The van der Waals surface area contributed by atoms with Gasteiger partial charge in [0.15, 0.2) is 16.6 Å². The van der Waals surface area contributed by atoms with E-state index in [1.807, 2.05) is 30.5 Å². The summed E-state index contributed by atoms with van der Waals surface area (Å²) in [6.07, 6.45) is 3.82. The molecular weight excluding hydrogens is 386 g/mol. The number of aromatic nitrogens is 1. The van der Waals surface area contributed by atoms with E-state index in [2.05, 4.69) is 10.3 Å². The van der Waals surface area contributed by atoms with E-state index in [1.54, 1.807) is 14.2 Å². The monoisotopic (exact) mass is 411 g/mol. The summed E-state index contributed by atoms with van der Waals surface area (Å²) in [6, 6.07) is 5.63. The molecular formula is C19H26ClN3O3S. The summed E-state index contributed by atoms with van der Waals surface area (Å²) in [4.78, 5) is 17.2. The van der Waals surface area contributed by atoms with Crippen molar-refractivity contribution in [1.29, 1.82) is 0 Å². The Morgan fingerprint density at radius 3 is 2.70 bits per heavy atom. The van der Waals surface area contributed by atoms with Crippen molar-refractivity contribution in [1.82, 2.24) is 4.98 Å². The van der Waals surface area contributed by atoms with E-state index in [1.165, 1.54) is 11.3 Å². The predicted molar refractivity (Wildman–Crippen MR) is 111 cm³/mol. The Labute approximate surface area is 169 Å². The van der Waals surface area contributed by atoms with Gasteiger partial charge in [-0.1, -0.05) is 12.8 Å². The average molecular weight is 412 g/mol. The number of ether oxygens (including phenoxy) is 2. The van der Waals surface area contributed by atoms with Gasteiger partial charge in [0.05, 0.1) is 25.8 Å². The van der Waals surface area contributed by atoms with Crippen LogP contribution < -0.4 is 20.5 Å². The number of amides is 1. The Balaban J connectivity index is 0.00000261. The highest BCUT2D eigenvalue weighted by Gasteiger charge is 2.38. The van der Waals surface area contributed by atoms with Gasteiger partial charge in [-0.3, -0.25) is 4.79 Å². The number of carbonyl (C=O) groups excluding carboxylic acids is 1. The van der Waals surface area contributed by atoms with Crippen LogP contribution in [0.3, 0.4) is 0 Å². The summed E-state index contributed by atoms with van der Waals surface area (Å²) >= 11 is 1.40. The second-order valence-electron chi connectivity index (χ2n) is 6.90. The first-order valence-corrected chi connectivity index (χ1v) is 9.60. The van der Waals surface area contributed by atoms with Crippen molar-refractivity contribution < 1.29 is 14.3 Å². The van der Waals surface area contributed by atoms with Crippen LogP contribution in [-0.2, 0) is 4.79 Å². The molecule has 6 nitrogen and oxygen atoms in total. The molecule has 1 aromatic carbocycles. The topological polar surface area (TPSA) is 86.5 Å². The molecule has 3 N–H and O–H groups in total. The Morgan fingerprint density at radius 1 is 1.30 bits per heavy atom. The van der Waals surface area contributed by atoms with E-state index in [9.17, 15) is 4.79 Å². The number of benzene rings is 1. The number of nitrogens with zero attached hydrogens (tertiary/aromatic N) is 1. The first kappa shape index (κ1) is 21.5. The minimum Gasteiger partial charge on any atom is -0.493 e. The maximum absolute atomic E-state index is 12.7. The normalized spacial score (nSPS) is 21.9. The number of rotatable bonds is 5. The molecule has 1 amide bonds. The van der Waals surface area contributed by atoms with Gasteiger partial charge in [-0.2, -0.15) is 0 Å². The smallest absolute Gasteiger partial charge is 0.231 e. The van der Waals surface area contributed by atoms with E-state index in [4.69, 9.17) is 15.2 Å². The van der Waals surface area contributed by atoms with Gasteiger partial charge in [-0.15, -0.1) is 23.7 Å². The first-order chi connectivity index (χ1) is 12.4. The van der Waals surface area contributed by atoms with Crippen molar-refractivity contribution in [3.63, 3.8) is 0 Å². The van der Waals surface area contributed by atoms with Crippen LogP contribution in [0.15, 0.2) is 23.6 Å². The Hall–Kier alpha value is -1.83. The van der Waals surface area contributed by atoms with Gasteiger partial charge in [0, 0.05) is 16.5 Å². The van der Waals surface area contributed by atoms with Crippen LogP contribution >= 0.6 is 23.7 Å². The zero-order valence-electron chi connectivity index (χ0n) is 15.8. The molecule has 0 spiro atoms. The molecule has 1 heterocycles. The number of carbonyl (C=O) groups is 1. The molecule has 148 valence electrons. The van der Waals surface area contributed by atoms with E-state index >= 15 is 0 Å². The van der Waals surface area contributed by atoms with Crippen LogP contribution in [0.25, 0.3) is 11.3 Å². The fraction of sp³-hybridized carbons (Fsp3) is 0.474. The second kappa shape index (κ2) is 8.91. The highest BCUT2D eigenvalue weighted by molar-refractivity contribution is 7.14. The molecule has 0 bridgehead atoms. The lowest BCUT2D eigenvalue weighted by Crippen LogP contribution is -2.51. The molecule has 2 atom stereocenters. The minimum atomic E-state index is -0.453. The number of hydrogen-bond donors (Lipinski definition) is 2. The number of nitrogens with one attached hydrogen (secondary N) is 1. The standard InChI is InChI=1S/C19H25N3O3S.ClH/c1-19(20)9-5-4-6-13(19)17(23)22-18-21-14(11-26-18)12-7-8-15(24-2)16(10-12)25-3;/h7-8,10-11,13H,4-6,9,20H2,1-3H3,(H,21,22,23);1H. The van der Waals surface area contributed by atoms with Crippen molar-refractivity contribution in [3.8, 4) is 22.8 Å². The summed E-state index contributed by atoms with van der Waals surface area (Å²) < 4.78 is 10.6. The molecule has 1 saturated carbocycles. The van der Waals surface area contributed by atoms with Crippen molar-refractivity contribution >= 4 is 34.8 Å². The van der Waals surface area contributed by atoms with Gasteiger partial charge < -0.3 is 20.5 Å². The largest absolute Gasteiger partial charge is 0.493 e. The summed E-state index contributed by atoms with van der Waals surface area (Å²) in [5.74, 6) is 1.09. The van der Waals surface area contributed by atoms with Crippen molar-refractivity contribution in [2.24, 2.45) is 11.7 Å². The van der Waals surface area contributed by atoms with Crippen molar-refractivity contribution in [3.05, 3.63) is 23.6 Å². The molecule has 0 saturated heterocycles. The Kier molecular flexibility index (Phi) is 7.08. The molecule has 1 aromatic heterocycles. The summed E-state index contributed by atoms with van der Waals surface area (Å²) in [5.41, 5.74) is 7.56. The van der Waals surface area contributed by atoms with Crippen LogP contribution in [0.2, 0.25) is 0 Å². The predicted octanol–water partition coefficient (Wildman–Crippen LogP) is 4.10. The fourth-order valence-corrected chi connectivity index (χ4v) is 4.16. The lowest BCUT2D eigenvalue weighted by Gasteiger charge is -2.36. The second-order valence-corrected chi connectivity index (χ2v) is 7.76. The van der Waals surface area contributed by atoms with Crippen LogP contribution in [0, 0.1) is 5.92 Å². The summed E-state index contributed by atoms with van der Waals surface area (Å²) in [5, 5.41) is 5.44. The van der Waals surface area contributed by atoms with E-state index in [0.717, 1.165) is 36.9 Å². The molecule has 1 aliphatic rings. The molecule has 1 aliphatic carbocycles. The Bertz CT molecular complexity index is 794. The number of hydrogen-bond acceptors (Lipinski definition) is 6. The first-order valence-electron chi connectivity index (χ1n) is 8.72. The van der Waals surface area contributed by atoms with E-state index in [0.29, 0.717) is 16.6 Å². The van der Waals surface area contributed by atoms with E-state index in [-0.39, 0.29) is 24.2 Å². The number of thiazole rings is 1. The zero-order chi connectivity index (χ0) is 18.7. The lowest BCUT2D eigenvalue weighted by molar-refractivity contribution is -0.122. The van der Waals surface area contributed by atoms with Crippen molar-refractivity contribution in [2.75, 3.05) is 19.5 Å². The molecule has 2 unspecified atom stereocenters. The highest BCUT2D eigenvalue weighted by Crippen LogP contribution is 2.35. The van der Waals surface area contributed by atoms with Crippen LogP contribution in [0.1, 0.15) is 32.6 Å². The van der Waals surface area contributed by atoms with Gasteiger partial charge in [-0.25, -0.2) is 4.98 Å². The summed E-state index contributed by atoms with van der Waals surface area (Å²) in [6.45, 7) is 1.97. The molecule has 3 rings (SSSR count). The van der Waals surface area contributed by atoms with Gasteiger partial charge in [0.1, 0.15) is 0 Å². The number of nitrogens with two attached hydrogens (primary N) is 1. The molecule has 0 radical (unpaired) electrons. The van der Waals surface area contributed by atoms with Crippen LogP contribution in [0.4, 0.5) is 5.13 Å². The maximum atomic E-state index is 12.7. The highest BCUT2D eigenvalue weighted by atomic mass is 35.5. The average Bonchev–Trinajstić information content (AvgIpc) is 3.09.